The van der Waals surface area contributed by atoms with Gasteiger partial charge in [0.2, 0.25) is 5.82 Å². The highest BCUT2D eigenvalue weighted by Crippen LogP contribution is 2.43. The SMILES string of the molecule is CCC(CC)(Nc1ccc(F)cc1)C(C(=O)O)(C(=O)O)N(C(=O)c1c(F)c(F)c(F)c(F)c1F)c1ccc(F)cc1. The van der Waals surface area contributed by atoms with Gasteiger partial charge in [-0.15, -0.1) is 0 Å². The van der Waals surface area contributed by atoms with E-state index in [9.17, 15) is 55.3 Å². The van der Waals surface area contributed by atoms with E-state index in [1.54, 1.807) is 0 Å². The predicted octanol–water partition coefficient (Wildman–Crippen LogP) is 5.89. The van der Waals surface area contributed by atoms with Gasteiger partial charge < -0.3 is 15.5 Å². The number of benzene rings is 3. The molecule has 0 spiro atoms. The number of nitrogens with one attached hydrogen (secondary N) is 1. The van der Waals surface area contributed by atoms with Crippen LogP contribution in [0.5, 0.6) is 0 Å². The van der Waals surface area contributed by atoms with Crippen LogP contribution in [0.25, 0.3) is 0 Å². The van der Waals surface area contributed by atoms with E-state index in [4.69, 9.17) is 0 Å². The molecule has 0 saturated heterocycles. The third-order valence-corrected chi connectivity index (χ3v) is 6.79. The van der Waals surface area contributed by atoms with Gasteiger partial charge in [0.1, 0.15) is 17.2 Å². The van der Waals surface area contributed by atoms with Gasteiger partial charge in [0.15, 0.2) is 23.3 Å². The fraction of sp³-hybridized carbons (Fsp3) is 0.222. The van der Waals surface area contributed by atoms with Crippen LogP contribution in [0.2, 0.25) is 0 Å². The Morgan fingerprint density at radius 3 is 1.46 bits per heavy atom. The highest BCUT2D eigenvalue weighted by atomic mass is 19.2. The van der Waals surface area contributed by atoms with E-state index in [1.807, 2.05) is 0 Å². The van der Waals surface area contributed by atoms with Crippen molar-refractivity contribution in [2.24, 2.45) is 0 Å². The van der Waals surface area contributed by atoms with Gasteiger partial charge in [-0.3, -0.25) is 9.69 Å². The van der Waals surface area contributed by atoms with E-state index in [2.05, 4.69) is 5.32 Å². The van der Waals surface area contributed by atoms with Crippen LogP contribution < -0.4 is 10.2 Å². The number of aliphatic carboxylic acids is 2. The molecule has 0 aliphatic rings. The number of carboxylic acids is 2. The summed E-state index contributed by atoms with van der Waals surface area (Å²) in [7, 11) is 0. The molecular formula is C27H21F7N2O5. The van der Waals surface area contributed by atoms with Crippen molar-refractivity contribution in [3.8, 4) is 0 Å². The Morgan fingerprint density at radius 1 is 0.683 bits per heavy atom. The van der Waals surface area contributed by atoms with E-state index < -0.39 is 93.7 Å². The summed E-state index contributed by atoms with van der Waals surface area (Å²) in [4.78, 5) is 39.8. The van der Waals surface area contributed by atoms with Crippen LogP contribution in [0.15, 0.2) is 48.5 Å². The summed E-state index contributed by atoms with van der Waals surface area (Å²) in [6.45, 7) is 2.60. The molecular weight excluding hydrogens is 565 g/mol. The quantitative estimate of drug-likeness (QED) is 0.119. The average molecular weight is 586 g/mol. The number of halogens is 7. The number of hydrogen-bond donors (Lipinski definition) is 3. The Hall–Kier alpha value is -4.62. The van der Waals surface area contributed by atoms with Crippen molar-refractivity contribution in [2.45, 2.75) is 37.8 Å². The van der Waals surface area contributed by atoms with E-state index in [-0.39, 0.29) is 10.6 Å². The summed E-state index contributed by atoms with van der Waals surface area (Å²) in [5, 5.41) is 23.7. The van der Waals surface area contributed by atoms with E-state index >= 15 is 0 Å². The number of carbonyl (C=O) groups is 3. The van der Waals surface area contributed by atoms with Crippen LogP contribution in [-0.4, -0.2) is 39.1 Å². The first kappa shape index (κ1) is 30.9. The molecule has 0 heterocycles. The fourth-order valence-corrected chi connectivity index (χ4v) is 4.70. The smallest absolute Gasteiger partial charge is 0.344 e. The molecule has 0 fully saturated rings. The first-order chi connectivity index (χ1) is 19.2. The zero-order valence-corrected chi connectivity index (χ0v) is 21.2. The number of rotatable bonds is 10. The largest absolute Gasteiger partial charge is 0.479 e. The van der Waals surface area contributed by atoms with Gasteiger partial charge in [0, 0.05) is 11.4 Å². The third kappa shape index (κ3) is 4.93. The topological polar surface area (TPSA) is 107 Å². The lowest BCUT2D eigenvalue weighted by atomic mass is 9.70. The summed E-state index contributed by atoms with van der Waals surface area (Å²) in [5.41, 5.74) is -8.92. The molecule has 3 rings (SSSR count). The van der Waals surface area contributed by atoms with E-state index in [0.717, 1.165) is 24.3 Å². The molecule has 0 saturated carbocycles. The molecule has 14 heteroatoms. The van der Waals surface area contributed by atoms with Crippen molar-refractivity contribution >= 4 is 29.2 Å². The van der Waals surface area contributed by atoms with Crippen LogP contribution in [0.4, 0.5) is 42.1 Å². The number of amides is 1. The summed E-state index contributed by atoms with van der Waals surface area (Å²) < 4.78 is 99.1. The molecule has 0 bridgehead atoms. The minimum Gasteiger partial charge on any atom is -0.479 e. The van der Waals surface area contributed by atoms with Crippen molar-refractivity contribution in [1.82, 2.24) is 0 Å². The second-order valence-corrected chi connectivity index (χ2v) is 8.80. The molecule has 1 amide bonds. The summed E-state index contributed by atoms with van der Waals surface area (Å²) in [6, 6.07) is 6.78. The highest BCUT2D eigenvalue weighted by molar-refractivity contribution is 6.20. The monoisotopic (exact) mass is 586 g/mol. The third-order valence-electron chi connectivity index (χ3n) is 6.79. The van der Waals surface area contributed by atoms with Gasteiger partial charge in [-0.2, -0.15) is 0 Å². The lowest BCUT2D eigenvalue weighted by Gasteiger charge is -2.50. The molecule has 0 aliphatic heterocycles. The van der Waals surface area contributed by atoms with E-state index in [0.29, 0.717) is 24.3 Å². The molecule has 0 unspecified atom stereocenters. The molecule has 0 aromatic heterocycles. The van der Waals surface area contributed by atoms with Gasteiger partial charge in [-0.25, -0.2) is 40.3 Å². The number of hydrogen-bond acceptors (Lipinski definition) is 4. The molecule has 0 atom stereocenters. The molecule has 0 aliphatic carbocycles. The maximum absolute atomic E-state index is 14.9. The number of nitrogens with zero attached hydrogens (tertiary/aromatic N) is 1. The van der Waals surface area contributed by atoms with Crippen molar-refractivity contribution in [3.63, 3.8) is 0 Å². The zero-order valence-electron chi connectivity index (χ0n) is 21.2. The van der Waals surface area contributed by atoms with Crippen LogP contribution in [0, 0.1) is 40.7 Å². The normalized spacial score (nSPS) is 11.7. The number of carbonyl (C=O) groups excluding carboxylic acids is 1. The average Bonchev–Trinajstić information content (AvgIpc) is 2.94. The first-order valence-corrected chi connectivity index (χ1v) is 11.8. The highest BCUT2D eigenvalue weighted by Gasteiger charge is 2.67. The number of anilines is 2. The molecule has 3 aromatic rings. The van der Waals surface area contributed by atoms with E-state index in [1.165, 1.54) is 13.8 Å². The Labute approximate surface area is 227 Å². The van der Waals surface area contributed by atoms with Gasteiger partial charge in [-0.05, 0) is 61.4 Å². The predicted molar refractivity (Wildman–Crippen MR) is 131 cm³/mol. The van der Waals surface area contributed by atoms with Gasteiger partial charge in [-0.1, -0.05) is 13.8 Å². The summed E-state index contributed by atoms with van der Waals surface area (Å²) >= 11 is 0. The van der Waals surface area contributed by atoms with Gasteiger partial charge in [0.05, 0.1) is 5.54 Å². The van der Waals surface area contributed by atoms with Gasteiger partial charge >= 0.3 is 11.9 Å². The standard InChI is InChI=1S/C27H21F7N2O5/c1-3-26(4-2,35-15-9-5-13(28)6-10-15)27(24(38)39,25(40)41)36(16-11-7-14(29)8-12-16)23(37)17-18(30)20(32)22(34)21(33)19(17)31/h5-12,35H,3-4H2,1-2H3,(H,38,39)(H,40,41). The molecule has 7 nitrogen and oxygen atoms in total. The second kappa shape index (κ2) is 11.5. The van der Waals surface area contributed by atoms with Crippen molar-refractivity contribution in [1.29, 1.82) is 0 Å². The lowest BCUT2D eigenvalue weighted by molar-refractivity contribution is -0.160. The van der Waals surface area contributed by atoms with Crippen LogP contribution in [-0.2, 0) is 9.59 Å². The Bertz CT molecular complexity index is 1450. The molecule has 3 aromatic carbocycles. The Balaban J connectivity index is 2.50. The molecule has 3 N–H and O–H groups in total. The zero-order chi connectivity index (χ0) is 30.9. The molecule has 0 radical (unpaired) electrons. The maximum Gasteiger partial charge on any atom is 0.344 e. The minimum absolute atomic E-state index is 0.0512. The summed E-state index contributed by atoms with van der Waals surface area (Å²) in [6.07, 6.45) is -0.914. The number of carboxylic acid groups (broad SMARTS) is 2. The van der Waals surface area contributed by atoms with Crippen LogP contribution in [0.1, 0.15) is 37.0 Å². The fourth-order valence-electron chi connectivity index (χ4n) is 4.70. The first-order valence-electron chi connectivity index (χ1n) is 11.8. The molecule has 218 valence electrons. The van der Waals surface area contributed by atoms with Crippen LogP contribution >= 0.6 is 0 Å². The second-order valence-electron chi connectivity index (χ2n) is 8.80. The van der Waals surface area contributed by atoms with Crippen molar-refractivity contribution in [3.05, 3.63) is 94.8 Å². The van der Waals surface area contributed by atoms with Crippen LogP contribution in [0.3, 0.4) is 0 Å². The Morgan fingerprint density at radius 2 is 1.07 bits per heavy atom. The summed E-state index contributed by atoms with van der Waals surface area (Å²) in [5.74, 6) is -21.6. The minimum atomic E-state index is -3.61. The van der Waals surface area contributed by atoms with Gasteiger partial charge in [0.25, 0.3) is 11.4 Å². The maximum atomic E-state index is 14.9. The van der Waals surface area contributed by atoms with Crippen molar-refractivity contribution < 1.29 is 55.3 Å². The van der Waals surface area contributed by atoms with Crippen molar-refractivity contribution in [2.75, 3.05) is 10.2 Å². The Kier molecular flexibility index (Phi) is 8.65. The molecule has 41 heavy (non-hydrogen) atoms. The lowest BCUT2D eigenvalue weighted by Crippen LogP contribution is -2.76.